The molecule has 0 aliphatic heterocycles. The van der Waals surface area contributed by atoms with Gasteiger partial charge in [0.1, 0.15) is 0 Å². The van der Waals surface area contributed by atoms with Crippen molar-refractivity contribution < 1.29 is 4.79 Å². The standard InChI is InChI=1S/C9H17NO.ClH/c1-2-9(11)7-5-3-4-6-8-10;/h2H,1,3-8,10H2;1H. The van der Waals surface area contributed by atoms with Crippen molar-refractivity contribution in [2.24, 2.45) is 5.73 Å². The van der Waals surface area contributed by atoms with E-state index in [2.05, 4.69) is 6.58 Å². The van der Waals surface area contributed by atoms with E-state index in [9.17, 15) is 4.79 Å². The molecule has 0 saturated carbocycles. The second kappa shape index (κ2) is 10.7. The van der Waals surface area contributed by atoms with Crippen LogP contribution in [0.3, 0.4) is 0 Å². The smallest absolute Gasteiger partial charge is 0.155 e. The van der Waals surface area contributed by atoms with Gasteiger partial charge in [-0.2, -0.15) is 0 Å². The first-order chi connectivity index (χ1) is 5.31. The molecule has 12 heavy (non-hydrogen) atoms. The molecule has 3 heteroatoms. The summed E-state index contributed by atoms with van der Waals surface area (Å²) in [5, 5.41) is 0. The molecule has 0 saturated heterocycles. The second-order valence-corrected chi connectivity index (χ2v) is 2.62. The zero-order chi connectivity index (χ0) is 8.53. The van der Waals surface area contributed by atoms with Gasteiger partial charge in [-0.05, 0) is 25.5 Å². The summed E-state index contributed by atoms with van der Waals surface area (Å²) in [7, 11) is 0. The third kappa shape index (κ3) is 9.66. The van der Waals surface area contributed by atoms with Gasteiger partial charge in [0, 0.05) is 6.42 Å². The molecule has 0 fully saturated rings. The minimum atomic E-state index is 0. The Balaban J connectivity index is 0. The number of carbonyl (C=O) groups is 1. The molecular weight excluding hydrogens is 174 g/mol. The van der Waals surface area contributed by atoms with E-state index in [0.29, 0.717) is 6.42 Å². The largest absolute Gasteiger partial charge is 0.330 e. The molecule has 0 atom stereocenters. The number of rotatable bonds is 7. The summed E-state index contributed by atoms with van der Waals surface area (Å²) in [6, 6.07) is 0. The highest BCUT2D eigenvalue weighted by Crippen LogP contribution is 2.02. The molecular formula is C9H18ClNO. The van der Waals surface area contributed by atoms with Gasteiger partial charge in [-0.1, -0.05) is 19.4 Å². The van der Waals surface area contributed by atoms with Crippen LogP contribution >= 0.6 is 12.4 Å². The van der Waals surface area contributed by atoms with E-state index in [0.717, 1.165) is 32.2 Å². The fraction of sp³-hybridized carbons (Fsp3) is 0.667. The monoisotopic (exact) mass is 191 g/mol. The molecule has 0 spiro atoms. The molecule has 72 valence electrons. The zero-order valence-electron chi connectivity index (χ0n) is 7.42. The lowest BCUT2D eigenvalue weighted by molar-refractivity contribution is -0.114. The summed E-state index contributed by atoms with van der Waals surface area (Å²) in [6.45, 7) is 4.17. The van der Waals surface area contributed by atoms with Gasteiger partial charge in [0.05, 0.1) is 0 Å². The van der Waals surface area contributed by atoms with Crippen molar-refractivity contribution >= 4 is 18.2 Å². The molecule has 0 aromatic heterocycles. The van der Waals surface area contributed by atoms with Gasteiger partial charge in [-0.25, -0.2) is 0 Å². The maximum Gasteiger partial charge on any atom is 0.155 e. The number of hydrogen-bond donors (Lipinski definition) is 1. The molecule has 0 rings (SSSR count). The molecule has 2 nitrogen and oxygen atoms in total. The topological polar surface area (TPSA) is 43.1 Å². The molecule has 0 aromatic carbocycles. The van der Waals surface area contributed by atoms with Crippen molar-refractivity contribution in [2.45, 2.75) is 32.1 Å². The van der Waals surface area contributed by atoms with Crippen molar-refractivity contribution in [3.05, 3.63) is 12.7 Å². The predicted octanol–water partition coefficient (Wildman–Crippen LogP) is 2.07. The molecule has 2 N–H and O–H groups in total. The first-order valence-electron chi connectivity index (χ1n) is 4.16. The van der Waals surface area contributed by atoms with Crippen LogP contribution in [0.1, 0.15) is 32.1 Å². The van der Waals surface area contributed by atoms with E-state index < -0.39 is 0 Å². The van der Waals surface area contributed by atoms with Crippen molar-refractivity contribution in [2.75, 3.05) is 6.54 Å². The minimum absolute atomic E-state index is 0. The fourth-order valence-electron chi connectivity index (χ4n) is 0.899. The number of allylic oxidation sites excluding steroid dienone is 1. The highest BCUT2D eigenvalue weighted by Gasteiger charge is 1.94. The lowest BCUT2D eigenvalue weighted by Gasteiger charge is -1.96. The van der Waals surface area contributed by atoms with E-state index in [1.54, 1.807) is 0 Å². The molecule has 0 aliphatic rings. The van der Waals surface area contributed by atoms with Crippen molar-refractivity contribution in [3.8, 4) is 0 Å². The van der Waals surface area contributed by atoms with Gasteiger partial charge in [0.2, 0.25) is 0 Å². The molecule has 0 amide bonds. The molecule has 0 heterocycles. The maximum atomic E-state index is 10.7. The fourth-order valence-corrected chi connectivity index (χ4v) is 0.899. The van der Waals surface area contributed by atoms with Crippen molar-refractivity contribution in [1.29, 1.82) is 0 Å². The van der Waals surface area contributed by atoms with Gasteiger partial charge in [0.25, 0.3) is 0 Å². The summed E-state index contributed by atoms with van der Waals surface area (Å²) in [5.41, 5.74) is 5.31. The molecule has 0 radical (unpaired) electrons. The average Bonchev–Trinajstić information content (AvgIpc) is 2.04. The third-order valence-electron chi connectivity index (χ3n) is 1.60. The zero-order valence-corrected chi connectivity index (χ0v) is 8.24. The maximum absolute atomic E-state index is 10.7. The van der Waals surface area contributed by atoms with Crippen LogP contribution in [-0.4, -0.2) is 12.3 Å². The third-order valence-corrected chi connectivity index (χ3v) is 1.60. The number of halogens is 1. The Bertz CT molecular complexity index is 126. The van der Waals surface area contributed by atoms with Gasteiger partial charge in [0.15, 0.2) is 5.78 Å². The van der Waals surface area contributed by atoms with Crippen molar-refractivity contribution in [1.82, 2.24) is 0 Å². The molecule has 0 aliphatic carbocycles. The van der Waals surface area contributed by atoms with E-state index in [4.69, 9.17) is 5.73 Å². The van der Waals surface area contributed by atoms with Gasteiger partial charge in [-0.3, -0.25) is 4.79 Å². The molecule has 0 unspecified atom stereocenters. The summed E-state index contributed by atoms with van der Waals surface area (Å²) in [4.78, 5) is 10.7. The minimum Gasteiger partial charge on any atom is -0.330 e. The first-order valence-corrected chi connectivity index (χ1v) is 4.16. The van der Waals surface area contributed by atoms with Crippen LogP contribution in [0.2, 0.25) is 0 Å². The Labute approximate surface area is 80.6 Å². The SMILES string of the molecule is C=CC(=O)CCCCCCN.Cl. The van der Waals surface area contributed by atoms with Gasteiger partial charge >= 0.3 is 0 Å². The highest BCUT2D eigenvalue weighted by molar-refractivity contribution is 5.88. The highest BCUT2D eigenvalue weighted by atomic mass is 35.5. The van der Waals surface area contributed by atoms with E-state index in [-0.39, 0.29) is 18.2 Å². The lowest BCUT2D eigenvalue weighted by atomic mass is 10.1. The number of hydrogen-bond acceptors (Lipinski definition) is 2. The average molecular weight is 192 g/mol. The molecule has 0 aromatic rings. The quantitative estimate of drug-likeness (QED) is 0.495. The Morgan fingerprint density at radius 2 is 1.83 bits per heavy atom. The van der Waals surface area contributed by atoms with E-state index in [1.807, 2.05) is 0 Å². The van der Waals surface area contributed by atoms with Gasteiger partial charge in [-0.15, -0.1) is 12.4 Å². The lowest BCUT2D eigenvalue weighted by Crippen LogP contribution is -1.98. The number of carbonyl (C=O) groups excluding carboxylic acids is 1. The summed E-state index contributed by atoms with van der Waals surface area (Å²) in [6.07, 6.45) is 6.34. The normalized spacial score (nSPS) is 8.75. The Morgan fingerprint density at radius 3 is 2.33 bits per heavy atom. The van der Waals surface area contributed by atoms with Crippen LogP contribution in [0, 0.1) is 0 Å². The van der Waals surface area contributed by atoms with Gasteiger partial charge < -0.3 is 5.73 Å². The summed E-state index contributed by atoms with van der Waals surface area (Å²) < 4.78 is 0. The first kappa shape index (κ1) is 14.2. The number of unbranched alkanes of at least 4 members (excludes halogenated alkanes) is 3. The predicted molar refractivity (Wildman–Crippen MR) is 54.6 cm³/mol. The summed E-state index contributed by atoms with van der Waals surface area (Å²) >= 11 is 0. The van der Waals surface area contributed by atoms with Crippen LogP contribution in [-0.2, 0) is 4.79 Å². The van der Waals surface area contributed by atoms with Crippen LogP contribution in [0.4, 0.5) is 0 Å². The Hall–Kier alpha value is -0.340. The van der Waals surface area contributed by atoms with Crippen LogP contribution in [0.5, 0.6) is 0 Å². The van der Waals surface area contributed by atoms with E-state index in [1.165, 1.54) is 6.08 Å². The number of ketones is 1. The van der Waals surface area contributed by atoms with E-state index >= 15 is 0 Å². The summed E-state index contributed by atoms with van der Waals surface area (Å²) in [5.74, 6) is 0.151. The Kier molecular flexibility index (Phi) is 12.6. The van der Waals surface area contributed by atoms with Crippen LogP contribution < -0.4 is 5.73 Å². The number of nitrogens with two attached hydrogens (primary N) is 1. The van der Waals surface area contributed by atoms with Crippen LogP contribution in [0.25, 0.3) is 0 Å². The van der Waals surface area contributed by atoms with Crippen molar-refractivity contribution in [3.63, 3.8) is 0 Å². The second-order valence-electron chi connectivity index (χ2n) is 2.62. The molecule has 0 bridgehead atoms. The Morgan fingerprint density at radius 1 is 1.25 bits per heavy atom. The van der Waals surface area contributed by atoms with Crippen LogP contribution in [0.15, 0.2) is 12.7 Å².